The molecule has 2 unspecified atom stereocenters. The van der Waals surface area contributed by atoms with Gasteiger partial charge in [0.25, 0.3) is 5.91 Å². The smallest absolute Gasteiger partial charge is 0.250 e. The molecule has 0 spiro atoms. The van der Waals surface area contributed by atoms with Crippen LogP contribution in [0.1, 0.15) is 31.4 Å². The average molecular weight is 354 g/mol. The van der Waals surface area contributed by atoms with Crippen molar-refractivity contribution in [3.05, 3.63) is 29.8 Å². The molecule has 7 heteroatoms. The van der Waals surface area contributed by atoms with Crippen LogP contribution in [0.15, 0.2) is 24.3 Å². The van der Waals surface area contributed by atoms with Gasteiger partial charge >= 0.3 is 0 Å². The number of amides is 2. The van der Waals surface area contributed by atoms with Crippen LogP contribution in [-0.2, 0) is 14.3 Å². The summed E-state index contributed by atoms with van der Waals surface area (Å²) in [4.78, 5) is 23.9. The first-order valence-corrected chi connectivity index (χ1v) is 8.17. The third kappa shape index (κ3) is 4.93. The van der Waals surface area contributed by atoms with Gasteiger partial charge in [0.05, 0.1) is 12.6 Å². The largest absolute Gasteiger partial charge is 0.366 e. The van der Waals surface area contributed by atoms with Crippen LogP contribution in [0.2, 0.25) is 0 Å². The minimum atomic E-state index is -0.427. The Hall–Kier alpha value is -1.63. The van der Waals surface area contributed by atoms with Crippen LogP contribution in [0, 0.1) is 5.92 Å². The van der Waals surface area contributed by atoms with Gasteiger partial charge in [0.1, 0.15) is 6.10 Å². The number of carbonyl (C=O) groups excluding carboxylic acids is 2. The second-order valence-corrected chi connectivity index (χ2v) is 6.18. The lowest BCUT2D eigenvalue weighted by Crippen LogP contribution is -2.48. The summed E-state index contributed by atoms with van der Waals surface area (Å²) in [5.41, 5.74) is 1.79. The molecule has 0 radical (unpaired) electrons. The second-order valence-electron chi connectivity index (χ2n) is 6.18. The molecule has 1 aliphatic heterocycles. The van der Waals surface area contributed by atoms with Crippen molar-refractivity contribution in [1.29, 1.82) is 0 Å². The molecular formula is C17H24ClN3O3. The summed E-state index contributed by atoms with van der Waals surface area (Å²) in [7, 11) is 0. The Morgan fingerprint density at radius 1 is 1.21 bits per heavy atom. The van der Waals surface area contributed by atoms with Crippen LogP contribution in [0.3, 0.4) is 0 Å². The number of anilines is 1. The number of nitrogens with one attached hydrogen (secondary N) is 3. The summed E-state index contributed by atoms with van der Waals surface area (Å²) < 4.78 is 5.45. The number of carbonyl (C=O) groups is 2. The van der Waals surface area contributed by atoms with E-state index in [2.05, 4.69) is 16.0 Å². The molecule has 1 saturated carbocycles. The Kier molecular flexibility index (Phi) is 6.60. The first kappa shape index (κ1) is 18.7. The number of morpholine rings is 1. The molecule has 132 valence electrons. The quantitative estimate of drug-likeness (QED) is 0.751. The van der Waals surface area contributed by atoms with Gasteiger partial charge in [-0.15, -0.1) is 12.4 Å². The van der Waals surface area contributed by atoms with E-state index in [4.69, 9.17) is 4.74 Å². The number of ether oxygens (including phenoxy) is 1. The zero-order valence-corrected chi connectivity index (χ0v) is 14.5. The van der Waals surface area contributed by atoms with Gasteiger partial charge < -0.3 is 20.7 Å². The number of halogens is 1. The van der Waals surface area contributed by atoms with Crippen molar-refractivity contribution in [2.24, 2.45) is 5.92 Å². The van der Waals surface area contributed by atoms with Crippen molar-refractivity contribution in [2.45, 2.75) is 31.9 Å². The van der Waals surface area contributed by atoms with Crippen molar-refractivity contribution in [3.8, 4) is 0 Å². The van der Waals surface area contributed by atoms with E-state index < -0.39 is 6.10 Å². The summed E-state index contributed by atoms with van der Waals surface area (Å²) in [6.07, 6.45) is 1.55. The normalized spacial score (nSPS) is 21.3. The highest BCUT2D eigenvalue weighted by molar-refractivity contribution is 5.94. The maximum absolute atomic E-state index is 12.1. The van der Waals surface area contributed by atoms with E-state index in [1.54, 1.807) is 0 Å². The minimum Gasteiger partial charge on any atom is -0.366 e. The molecule has 1 aromatic rings. The average Bonchev–Trinajstić information content (AvgIpc) is 3.41. The summed E-state index contributed by atoms with van der Waals surface area (Å²) >= 11 is 0. The van der Waals surface area contributed by atoms with Gasteiger partial charge in [0.15, 0.2) is 0 Å². The number of hydrogen-bond acceptors (Lipinski definition) is 4. The van der Waals surface area contributed by atoms with Gasteiger partial charge in [-0.2, -0.15) is 0 Å². The Morgan fingerprint density at radius 2 is 1.92 bits per heavy atom. The molecule has 3 N–H and O–H groups in total. The van der Waals surface area contributed by atoms with Crippen molar-refractivity contribution in [2.75, 3.05) is 25.0 Å². The Morgan fingerprint density at radius 3 is 2.50 bits per heavy atom. The molecule has 1 aromatic carbocycles. The van der Waals surface area contributed by atoms with E-state index in [-0.39, 0.29) is 36.2 Å². The van der Waals surface area contributed by atoms with Gasteiger partial charge in [-0.25, -0.2) is 0 Å². The fraction of sp³-hybridized carbons (Fsp3) is 0.529. The Bertz CT molecular complexity index is 569. The van der Waals surface area contributed by atoms with Gasteiger partial charge in [0.2, 0.25) is 5.91 Å². The second kappa shape index (κ2) is 8.46. The first-order chi connectivity index (χ1) is 11.1. The Balaban J connectivity index is 0.00000208. The van der Waals surface area contributed by atoms with Crippen molar-refractivity contribution >= 4 is 29.9 Å². The maximum Gasteiger partial charge on any atom is 0.250 e. The van der Waals surface area contributed by atoms with E-state index in [0.717, 1.165) is 30.6 Å². The highest BCUT2D eigenvalue weighted by atomic mass is 35.5. The topological polar surface area (TPSA) is 79.5 Å². The molecule has 24 heavy (non-hydrogen) atoms. The molecule has 3 rings (SSSR count). The van der Waals surface area contributed by atoms with Gasteiger partial charge in [0, 0.05) is 24.7 Å². The predicted octanol–water partition coefficient (Wildman–Crippen LogP) is 1.62. The summed E-state index contributed by atoms with van der Waals surface area (Å²) in [6, 6.07) is 7.48. The third-order valence-electron chi connectivity index (χ3n) is 4.21. The van der Waals surface area contributed by atoms with Crippen LogP contribution in [0.25, 0.3) is 0 Å². The van der Waals surface area contributed by atoms with Crippen LogP contribution >= 0.6 is 12.4 Å². The lowest BCUT2D eigenvalue weighted by Gasteiger charge is -2.24. The fourth-order valence-electron chi connectivity index (χ4n) is 2.57. The molecule has 6 nitrogen and oxygen atoms in total. The third-order valence-corrected chi connectivity index (χ3v) is 4.21. The molecule has 2 atom stereocenters. The fourth-order valence-corrected chi connectivity index (χ4v) is 2.57. The van der Waals surface area contributed by atoms with Crippen molar-refractivity contribution in [1.82, 2.24) is 10.6 Å². The predicted molar refractivity (Wildman–Crippen MR) is 94.2 cm³/mol. The highest BCUT2D eigenvalue weighted by Gasteiger charge is 2.29. The molecule has 2 aliphatic rings. The minimum absolute atomic E-state index is 0. The Labute approximate surface area is 148 Å². The van der Waals surface area contributed by atoms with Gasteiger partial charge in [-0.05, 0) is 37.5 Å². The molecule has 1 saturated heterocycles. The van der Waals surface area contributed by atoms with E-state index in [1.807, 2.05) is 31.2 Å². The first-order valence-electron chi connectivity index (χ1n) is 8.17. The maximum atomic E-state index is 12.1. The molecular weight excluding hydrogens is 330 g/mol. The molecule has 1 aliphatic carbocycles. The molecule has 2 amide bonds. The summed E-state index contributed by atoms with van der Waals surface area (Å²) in [5.74, 6) is 0.189. The zero-order chi connectivity index (χ0) is 16.2. The summed E-state index contributed by atoms with van der Waals surface area (Å²) in [5, 5.41) is 9.01. The highest BCUT2D eigenvalue weighted by Crippen LogP contribution is 2.30. The summed E-state index contributed by atoms with van der Waals surface area (Å²) in [6.45, 7) is 3.83. The van der Waals surface area contributed by atoms with E-state index in [0.29, 0.717) is 13.2 Å². The monoisotopic (exact) mass is 353 g/mol. The van der Waals surface area contributed by atoms with Crippen LogP contribution in [0.5, 0.6) is 0 Å². The SMILES string of the molecule is CC(NC(=O)C1CNCCO1)c1ccc(NC(=O)C2CC2)cc1.Cl. The lowest BCUT2D eigenvalue weighted by molar-refractivity contribution is -0.134. The zero-order valence-electron chi connectivity index (χ0n) is 13.7. The molecule has 1 heterocycles. The molecule has 2 fully saturated rings. The van der Waals surface area contributed by atoms with E-state index in [9.17, 15) is 9.59 Å². The van der Waals surface area contributed by atoms with Gasteiger partial charge in [-0.3, -0.25) is 9.59 Å². The van der Waals surface area contributed by atoms with Crippen LogP contribution in [-0.4, -0.2) is 37.6 Å². The van der Waals surface area contributed by atoms with Crippen molar-refractivity contribution < 1.29 is 14.3 Å². The van der Waals surface area contributed by atoms with Crippen LogP contribution < -0.4 is 16.0 Å². The lowest BCUT2D eigenvalue weighted by atomic mass is 10.1. The van der Waals surface area contributed by atoms with E-state index in [1.165, 1.54) is 0 Å². The number of benzene rings is 1. The van der Waals surface area contributed by atoms with E-state index >= 15 is 0 Å². The van der Waals surface area contributed by atoms with Gasteiger partial charge in [-0.1, -0.05) is 12.1 Å². The number of hydrogen-bond donors (Lipinski definition) is 3. The van der Waals surface area contributed by atoms with Crippen LogP contribution in [0.4, 0.5) is 5.69 Å². The molecule has 0 bridgehead atoms. The number of rotatable bonds is 5. The molecule has 0 aromatic heterocycles. The van der Waals surface area contributed by atoms with Crippen molar-refractivity contribution in [3.63, 3.8) is 0 Å². The standard InChI is InChI=1S/C17H23N3O3.ClH/c1-11(19-17(22)15-10-18-8-9-23-15)12-4-6-14(7-5-12)20-16(21)13-2-3-13;/h4-7,11,13,15,18H,2-3,8-10H2,1H3,(H,19,22)(H,20,21);1H.